The van der Waals surface area contributed by atoms with E-state index in [0.29, 0.717) is 39.2 Å². The van der Waals surface area contributed by atoms with Gasteiger partial charge >= 0.3 is 0 Å². The van der Waals surface area contributed by atoms with Crippen molar-refractivity contribution in [2.45, 2.75) is 26.4 Å². The molecule has 1 amide bonds. The van der Waals surface area contributed by atoms with Gasteiger partial charge in [-0.05, 0) is 37.1 Å². The van der Waals surface area contributed by atoms with E-state index in [4.69, 9.17) is 4.74 Å². The third-order valence-electron chi connectivity index (χ3n) is 4.34. The highest BCUT2D eigenvalue weighted by Gasteiger charge is 2.21. The van der Waals surface area contributed by atoms with Gasteiger partial charge in [0.15, 0.2) is 11.9 Å². The Hall–Kier alpha value is -3.33. The van der Waals surface area contributed by atoms with E-state index in [0.717, 1.165) is 0 Å². The zero-order valence-corrected chi connectivity index (χ0v) is 16.6. The minimum atomic E-state index is -0.655. The number of carbonyl (C=O) groups excluding carboxylic acids is 1. The number of aryl methyl sites for hydroxylation is 1. The van der Waals surface area contributed by atoms with Gasteiger partial charge in [0.05, 0.1) is 0 Å². The number of rotatable bonds is 6. The number of fused-ring (bicyclic) bond motifs is 1. The third-order valence-corrected chi connectivity index (χ3v) is 5.15. The molecule has 2 aromatic carbocycles. The lowest BCUT2D eigenvalue weighted by Crippen LogP contribution is -2.32. The lowest BCUT2D eigenvalue weighted by molar-refractivity contribution is -0.122. The molecule has 0 aliphatic heterocycles. The number of para-hydroxylation sites is 1. The molecule has 148 valence electrons. The van der Waals surface area contributed by atoms with Crippen LogP contribution in [0.5, 0.6) is 5.75 Å². The van der Waals surface area contributed by atoms with Crippen molar-refractivity contribution in [3.8, 4) is 17.1 Å². The van der Waals surface area contributed by atoms with Crippen LogP contribution < -0.4 is 10.1 Å². The summed E-state index contributed by atoms with van der Waals surface area (Å²) >= 11 is 1.18. The molecule has 1 unspecified atom stereocenters. The van der Waals surface area contributed by atoms with E-state index in [9.17, 15) is 9.18 Å². The molecular weight excluding hydrogens is 393 g/mol. The van der Waals surface area contributed by atoms with Gasteiger partial charge in [-0.25, -0.2) is 4.39 Å². The Morgan fingerprint density at radius 2 is 2.03 bits per heavy atom. The van der Waals surface area contributed by atoms with Crippen LogP contribution in [0.15, 0.2) is 48.5 Å². The van der Waals surface area contributed by atoms with E-state index in [-0.39, 0.29) is 11.7 Å². The quantitative estimate of drug-likeness (QED) is 0.517. The molecule has 0 saturated heterocycles. The number of nitrogens with zero attached hydrogens (tertiary/aromatic N) is 4. The lowest BCUT2D eigenvalue weighted by atomic mass is 10.1. The third kappa shape index (κ3) is 3.95. The van der Waals surface area contributed by atoms with Gasteiger partial charge in [0.2, 0.25) is 10.1 Å². The fraction of sp³-hybridized carbons (Fsp3) is 0.200. The molecule has 2 heterocycles. The molecule has 7 nitrogen and oxygen atoms in total. The number of ether oxygens (including phenoxy) is 1. The number of halogens is 1. The molecular formula is C20H18FN5O2S. The Labute approximate surface area is 170 Å². The number of carbonyl (C=O) groups is 1. The average Bonchev–Trinajstić information content (AvgIpc) is 3.29. The number of nitrogens with one attached hydrogen (secondary N) is 1. The summed E-state index contributed by atoms with van der Waals surface area (Å²) in [6.07, 6.45) is -0.156. The zero-order chi connectivity index (χ0) is 20.4. The molecule has 0 saturated carbocycles. The minimum Gasteiger partial charge on any atom is -0.481 e. The molecule has 1 N–H and O–H groups in total. The van der Waals surface area contributed by atoms with Crippen molar-refractivity contribution >= 4 is 27.3 Å². The van der Waals surface area contributed by atoms with Crippen molar-refractivity contribution in [3.05, 3.63) is 59.9 Å². The lowest BCUT2D eigenvalue weighted by Gasteiger charge is -2.16. The van der Waals surface area contributed by atoms with E-state index in [1.807, 2.05) is 25.1 Å². The van der Waals surface area contributed by atoms with Gasteiger partial charge in [-0.1, -0.05) is 48.6 Å². The molecule has 0 bridgehead atoms. The SMILES string of the molecule is CCC(Oc1ccccc1)C(=O)Nc1nn2c(-c3ccc(C)c(F)c3)nnc2s1. The number of benzene rings is 2. The first kappa shape index (κ1) is 19.0. The van der Waals surface area contributed by atoms with Crippen LogP contribution in [0.2, 0.25) is 0 Å². The van der Waals surface area contributed by atoms with Gasteiger partial charge in [0.1, 0.15) is 11.6 Å². The van der Waals surface area contributed by atoms with Crippen molar-refractivity contribution < 1.29 is 13.9 Å². The second-order valence-corrected chi connectivity index (χ2v) is 7.36. The monoisotopic (exact) mass is 411 g/mol. The summed E-state index contributed by atoms with van der Waals surface area (Å²) in [6, 6.07) is 14.0. The van der Waals surface area contributed by atoms with Crippen LogP contribution in [0.4, 0.5) is 9.52 Å². The molecule has 29 heavy (non-hydrogen) atoms. The summed E-state index contributed by atoms with van der Waals surface area (Å²) in [4.78, 5) is 13.1. The van der Waals surface area contributed by atoms with Gasteiger partial charge in [0, 0.05) is 5.56 Å². The molecule has 9 heteroatoms. The summed E-state index contributed by atoms with van der Waals surface area (Å²) < 4.78 is 21.2. The van der Waals surface area contributed by atoms with Crippen LogP contribution in [-0.2, 0) is 4.79 Å². The number of amides is 1. The van der Waals surface area contributed by atoms with Crippen LogP contribution in [0.1, 0.15) is 18.9 Å². The van der Waals surface area contributed by atoms with Crippen molar-refractivity contribution in [1.29, 1.82) is 0 Å². The fourth-order valence-electron chi connectivity index (χ4n) is 2.75. The van der Waals surface area contributed by atoms with Crippen molar-refractivity contribution in [2.75, 3.05) is 5.32 Å². The van der Waals surface area contributed by atoms with Crippen LogP contribution in [0.25, 0.3) is 16.3 Å². The van der Waals surface area contributed by atoms with Gasteiger partial charge in [-0.2, -0.15) is 4.52 Å². The van der Waals surface area contributed by atoms with Crippen LogP contribution >= 0.6 is 11.3 Å². The summed E-state index contributed by atoms with van der Waals surface area (Å²) in [5.74, 6) is 0.399. The number of anilines is 1. The topological polar surface area (TPSA) is 81.4 Å². The highest BCUT2D eigenvalue weighted by Crippen LogP contribution is 2.25. The molecule has 4 aromatic rings. The first-order valence-corrected chi connectivity index (χ1v) is 9.88. The summed E-state index contributed by atoms with van der Waals surface area (Å²) in [7, 11) is 0. The second-order valence-electron chi connectivity index (χ2n) is 6.41. The Bertz CT molecular complexity index is 1160. The van der Waals surface area contributed by atoms with Crippen molar-refractivity contribution in [1.82, 2.24) is 19.8 Å². The minimum absolute atomic E-state index is 0.302. The summed E-state index contributed by atoms with van der Waals surface area (Å²) in [6.45, 7) is 3.56. The Morgan fingerprint density at radius 1 is 1.24 bits per heavy atom. The van der Waals surface area contributed by atoms with Gasteiger partial charge in [-0.15, -0.1) is 15.3 Å². The van der Waals surface area contributed by atoms with E-state index in [1.54, 1.807) is 31.2 Å². The molecule has 0 radical (unpaired) electrons. The molecule has 4 rings (SSSR count). The largest absolute Gasteiger partial charge is 0.481 e. The normalized spacial score (nSPS) is 12.1. The van der Waals surface area contributed by atoms with E-state index in [1.165, 1.54) is 21.9 Å². The van der Waals surface area contributed by atoms with Gasteiger partial charge < -0.3 is 4.74 Å². The Balaban J connectivity index is 1.54. The second kappa shape index (κ2) is 7.96. The predicted octanol–water partition coefficient (Wildman–Crippen LogP) is 4.10. The van der Waals surface area contributed by atoms with Crippen LogP contribution in [0, 0.1) is 12.7 Å². The van der Waals surface area contributed by atoms with Crippen LogP contribution in [0.3, 0.4) is 0 Å². The highest BCUT2D eigenvalue weighted by molar-refractivity contribution is 7.20. The van der Waals surface area contributed by atoms with Crippen molar-refractivity contribution in [2.24, 2.45) is 0 Å². The van der Waals surface area contributed by atoms with Gasteiger partial charge in [-0.3, -0.25) is 10.1 Å². The maximum absolute atomic E-state index is 13.9. The molecule has 2 aromatic heterocycles. The van der Waals surface area contributed by atoms with Gasteiger partial charge in [0.25, 0.3) is 5.91 Å². The standard InChI is InChI=1S/C20H18FN5O2S/c1-3-16(28-14-7-5-4-6-8-14)18(27)22-19-25-26-17(23-24-20(26)29-19)13-10-9-12(2)15(21)11-13/h4-11,16H,3H2,1-2H3,(H,22,25,27). The average molecular weight is 411 g/mol. The Kier molecular flexibility index (Phi) is 5.22. The summed E-state index contributed by atoms with van der Waals surface area (Å²) in [5, 5.41) is 15.7. The summed E-state index contributed by atoms with van der Waals surface area (Å²) in [5.41, 5.74) is 1.10. The highest BCUT2D eigenvalue weighted by atomic mass is 32.1. The maximum atomic E-state index is 13.9. The number of hydrogen-bond acceptors (Lipinski definition) is 6. The smallest absolute Gasteiger partial charge is 0.267 e. The van der Waals surface area contributed by atoms with E-state index in [2.05, 4.69) is 20.6 Å². The Morgan fingerprint density at radius 3 is 2.76 bits per heavy atom. The first-order valence-electron chi connectivity index (χ1n) is 9.06. The van der Waals surface area contributed by atoms with Crippen LogP contribution in [-0.4, -0.2) is 31.8 Å². The molecule has 0 spiro atoms. The van der Waals surface area contributed by atoms with E-state index < -0.39 is 6.10 Å². The molecule has 0 aliphatic carbocycles. The van der Waals surface area contributed by atoms with Crippen molar-refractivity contribution in [3.63, 3.8) is 0 Å². The number of aromatic nitrogens is 4. The molecule has 1 atom stereocenters. The van der Waals surface area contributed by atoms with E-state index >= 15 is 0 Å². The molecule has 0 aliphatic rings. The maximum Gasteiger partial charge on any atom is 0.267 e. The first-order chi connectivity index (χ1) is 14.0. The molecule has 0 fully saturated rings. The fourth-order valence-corrected chi connectivity index (χ4v) is 3.49. The number of hydrogen-bond donors (Lipinski definition) is 1. The predicted molar refractivity (Wildman–Crippen MR) is 109 cm³/mol. The zero-order valence-electron chi connectivity index (χ0n) is 15.8.